The lowest BCUT2D eigenvalue weighted by atomic mass is 9.91. The predicted molar refractivity (Wildman–Crippen MR) is 76.0 cm³/mol. The van der Waals surface area contributed by atoms with Crippen LogP contribution in [0.3, 0.4) is 0 Å². The van der Waals surface area contributed by atoms with Gasteiger partial charge in [-0.05, 0) is 55.8 Å². The second-order valence-electron chi connectivity index (χ2n) is 7.03. The van der Waals surface area contributed by atoms with Crippen LogP contribution in [0.4, 0.5) is 0 Å². The predicted octanol–water partition coefficient (Wildman–Crippen LogP) is 2.34. The second kappa shape index (κ2) is 4.45. The Kier molecular flexibility index (Phi) is 2.96. The molecule has 1 N–H and O–H groups in total. The van der Waals surface area contributed by atoms with E-state index in [4.69, 9.17) is 4.74 Å². The minimum atomic E-state index is -0.0503. The molecular weight excluding hydrogens is 306 g/mol. The number of hydrogen-bond acceptors (Lipinski definition) is 2. The molecule has 19 heavy (non-hydrogen) atoms. The van der Waals surface area contributed by atoms with Gasteiger partial charge in [0.2, 0.25) is 5.91 Å². The van der Waals surface area contributed by atoms with E-state index in [9.17, 15) is 4.79 Å². The Balaban J connectivity index is 1.42. The summed E-state index contributed by atoms with van der Waals surface area (Å²) in [6.07, 6.45) is 6.06. The summed E-state index contributed by atoms with van der Waals surface area (Å²) < 4.78 is 5.43. The molecule has 4 heteroatoms. The van der Waals surface area contributed by atoms with Gasteiger partial charge in [0.1, 0.15) is 0 Å². The highest BCUT2D eigenvalue weighted by Crippen LogP contribution is 2.69. The Hall–Kier alpha value is -0.0900. The molecule has 106 valence electrons. The summed E-state index contributed by atoms with van der Waals surface area (Å²) in [4.78, 5) is 12.6. The van der Waals surface area contributed by atoms with Gasteiger partial charge in [-0.2, -0.15) is 0 Å². The highest BCUT2D eigenvalue weighted by molar-refractivity contribution is 9.09. The van der Waals surface area contributed by atoms with E-state index in [0.717, 1.165) is 55.1 Å². The summed E-state index contributed by atoms with van der Waals surface area (Å²) in [5.74, 6) is 3.93. The third-order valence-electron chi connectivity index (χ3n) is 6.13. The van der Waals surface area contributed by atoms with Crippen LogP contribution in [0.5, 0.6) is 0 Å². The molecule has 0 spiro atoms. The van der Waals surface area contributed by atoms with E-state index >= 15 is 0 Å². The zero-order valence-corrected chi connectivity index (χ0v) is 12.8. The fourth-order valence-electron chi connectivity index (χ4n) is 5.07. The zero-order chi connectivity index (χ0) is 13.0. The summed E-state index contributed by atoms with van der Waals surface area (Å²) in [7, 11) is 0. The second-order valence-corrected chi connectivity index (χ2v) is 7.59. The molecule has 2 bridgehead atoms. The maximum Gasteiger partial charge on any atom is 0.224 e. The first-order valence-electron chi connectivity index (χ1n) is 7.70. The van der Waals surface area contributed by atoms with Crippen molar-refractivity contribution < 1.29 is 9.53 Å². The maximum absolute atomic E-state index is 12.6. The largest absolute Gasteiger partial charge is 0.381 e. The molecule has 0 radical (unpaired) electrons. The molecule has 1 heterocycles. The van der Waals surface area contributed by atoms with Crippen LogP contribution < -0.4 is 5.32 Å². The lowest BCUT2D eigenvalue weighted by molar-refractivity contribution is -0.126. The van der Waals surface area contributed by atoms with Crippen LogP contribution in [0, 0.1) is 29.6 Å². The molecule has 4 aliphatic rings. The third-order valence-corrected chi connectivity index (χ3v) is 7.21. The highest BCUT2D eigenvalue weighted by atomic mass is 79.9. The van der Waals surface area contributed by atoms with Crippen molar-refractivity contribution >= 4 is 21.8 Å². The van der Waals surface area contributed by atoms with Crippen molar-refractivity contribution in [2.75, 3.05) is 18.5 Å². The lowest BCUT2D eigenvalue weighted by Gasteiger charge is -2.36. The molecular formula is C15H22BrNO2. The van der Waals surface area contributed by atoms with Crippen LogP contribution in [0.15, 0.2) is 0 Å². The van der Waals surface area contributed by atoms with Crippen molar-refractivity contribution in [1.82, 2.24) is 5.32 Å². The quantitative estimate of drug-likeness (QED) is 0.808. The van der Waals surface area contributed by atoms with Crippen LogP contribution in [-0.2, 0) is 9.53 Å². The van der Waals surface area contributed by atoms with Crippen LogP contribution in [0.25, 0.3) is 0 Å². The minimum Gasteiger partial charge on any atom is -0.381 e. The van der Waals surface area contributed by atoms with Crippen molar-refractivity contribution in [3.05, 3.63) is 0 Å². The van der Waals surface area contributed by atoms with Crippen LogP contribution >= 0.6 is 15.9 Å². The van der Waals surface area contributed by atoms with E-state index in [2.05, 4.69) is 21.2 Å². The van der Waals surface area contributed by atoms with E-state index in [1.807, 2.05) is 0 Å². The lowest BCUT2D eigenvalue weighted by Crippen LogP contribution is -2.54. The monoisotopic (exact) mass is 327 g/mol. The van der Waals surface area contributed by atoms with Gasteiger partial charge >= 0.3 is 0 Å². The smallest absolute Gasteiger partial charge is 0.224 e. The Morgan fingerprint density at radius 3 is 2.42 bits per heavy atom. The van der Waals surface area contributed by atoms with Gasteiger partial charge in [0.15, 0.2) is 0 Å². The molecule has 4 fully saturated rings. The number of alkyl halides is 1. The number of carbonyl (C=O) groups excluding carboxylic acids is 1. The van der Waals surface area contributed by atoms with Crippen molar-refractivity contribution in [1.29, 1.82) is 0 Å². The van der Waals surface area contributed by atoms with Crippen LogP contribution in [-0.4, -0.2) is 30.0 Å². The molecule has 1 saturated heterocycles. The van der Waals surface area contributed by atoms with Gasteiger partial charge in [0, 0.05) is 24.5 Å². The number of halogens is 1. The normalized spacial score (nSPS) is 45.8. The van der Waals surface area contributed by atoms with Crippen molar-refractivity contribution in [3.8, 4) is 0 Å². The first-order chi connectivity index (χ1) is 9.24. The summed E-state index contributed by atoms with van der Waals surface area (Å²) >= 11 is 3.59. The summed E-state index contributed by atoms with van der Waals surface area (Å²) in [5.41, 5.74) is -0.0503. The van der Waals surface area contributed by atoms with Crippen LogP contribution in [0.2, 0.25) is 0 Å². The molecule has 4 unspecified atom stereocenters. The van der Waals surface area contributed by atoms with E-state index in [1.165, 1.54) is 19.3 Å². The zero-order valence-electron chi connectivity index (χ0n) is 11.2. The Labute approximate surface area is 123 Å². The van der Waals surface area contributed by atoms with E-state index in [-0.39, 0.29) is 5.54 Å². The first kappa shape index (κ1) is 12.6. The van der Waals surface area contributed by atoms with Crippen LogP contribution in [0.1, 0.15) is 32.1 Å². The fourth-order valence-corrected chi connectivity index (χ4v) is 5.78. The number of fused-ring (bicyclic) bond motifs is 5. The number of hydrogen-bond donors (Lipinski definition) is 1. The van der Waals surface area contributed by atoms with Gasteiger partial charge in [-0.3, -0.25) is 4.79 Å². The number of rotatable bonds is 3. The summed E-state index contributed by atoms with van der Waals surface area (Å²) in [6.45, 7) is 1.54. The van der Waals surface area contributed by atoms with Crippen molar-refractivity contribution in [2.24, 2.45) is 29.6 Å². The van der Waals surface area contributed by atoms with Crippen molar-refractivity contribution in [2.45, 2.75) is 37.6 Å². The number of amides is 1. The molecule has 3 nitrogen and oxygen atoms in total. The van der Waals surface area contributed by atoms with Crippen molar-refractivity contribution in [3.63, 3.8) is 0 Å². The average molecular weight is 328 g/mol. The molecule has 3 saturated carbocycles. The molecule has 1 amide bonds. The Morgan fingerprint density at radius 2 is 1.84 bits per heavy atom. The molecule has 0 aromatic carbocycles. The van der Waals surface area contributed by atoms with Gasteiger partial charge in [-0.15, -0.1) is 0 Å². The SMILES string of the molecule is O=C(NC1(CBr)CCOCC1)C1C2C3CCC(C3)C12. The standard InChI is InChI=1S/C15H22BrNO2/c16-8-15(3-5-19-6-4-15)17-14(18)13-11-9-1-2-10(7-9)12(11)13/h9-13H,1-8H2,(H,17,18). The Bertz CT molecular complexity index is 378. The van der Waals surface area contributed by atoms with Gasteiger partial charge in [0.05, 0.1) is 5.54 Å². The first-order valence-corrected chi connectivity index (χ1v) is 8.82. The fraction of sp³-hybridized carbons (Fsp3) is 0.933. The van der Waals surface area contributed by atoms with Gasteiger partial charge < -0.3 is 10.1 Å². The third kappa shape index (κ3) is 1.90. The molecule has 3 aliphatic carbocycles. The van der Waals surface area contributed by atoms with Gasteiger partial charge in [0.25, 0.3) is 0 Å². The van der Waals surface area contributed by atoms with Gasteiger partial charge in [-0.1, -0.05) is 15.9 Å². The van der Waals surface area contributed by atoms with E-state index in [0.29, 0.717) is 11.8 Å². The average Bonchev–Trinajstić information content (AvgIpc) is 2.89. The maximum atomic E-state index is 12.6. The number of nitrogens with one attached hydrogen (secondary N) is 1. The topological polar surface area (TPSA) is 38.3 Å². The number of carbonyl (C=O) groups is 1. The van der Waals surface area contributed by atoms with E-state index < -0.39 is 0 Å². The molecule has 0 aromatic rings. The highest BCUT2D eigenvalue weighted by Gasteiger charge is 2.67. The summed E-state index contributed by atoms with van der Waals surface area (Å²) in [6, 6.07) is 0. The molecule has 4 atom stereocenters. The molecule has 0 aromatic heterocycles. The number of ether oxygens (including phenoxy) is 1. The molecule has 1 aliphatic heterocycles. The van der Waals surface area contributed by atoms with Gasteiger partial charge in [-0.25, -0.2) is 0 Å². The molecule has 4 rings (SSSR count). The Morgan fingerprint density at radius 1 is 1.21 bits per heavy atom. The summed E-state index contributed by atoms with van der Waals surface area (Å²) in [5, 5.41) is 4.23. The minimum absolute atomic E-state index is 0.0503. The van der Waals surface area contributed by atoms with E-state index in [1.54, 1.807) is 0 Å².